The minimum absolute atomic E-state index is 0.382. The number of allylic oxidation sites excluding steroid dienone is 6. The maximum Gasteiger partial charge on any atom is 0.490 e. The fourth-order valence-electron chi connectivity index (χ4n) is 6.75. The van der Waals surface area contributed by atoms with Gasteiger partial charge >= 0.3 is 24.3 Å². The van der Waals surface area contributed by atoms with E-state index in [-0.39, 0.29) is 6.10 Å². The van der Waals surface area contributed by atoms with Crippen LogP contribution >= 0.6 is 0 Å². The van der Waals surface area contributed by atoms with Crippen molar-refractivity contribution in [1.82, 2.24) is 9.80 Å². The van der Waals surface area contributed by atoms with Crippen LogP contribution in [0.5, 0.6) is 0 Å². The predicted octanol–water partition coefficient (Wildman–Crippen LogP) is 7.95. The van der Waals surface area contributed by atoms with E-state index in [2.05, 4.69) is 58.4 Å². The van der Waals surface area contributed by atoms with Crippen LogP contribution in [0.1, 0.15) is 77.0 Å². The monoisotopic (exact) mass is 706 g/mol. The van der Waals surface area contributed by atoms with Crippen molar-refractivity contribution in [3.8, 4) is 0 Å². The molecule has 0 aromatic carbocycles. The number of aliphatic hydroxyl groups excluding tert-OH is 1. The van der Waals surface area contributed by atoms with E-state index in [0.29, 0.717) is 5.92 Å². The fourth-order valence-corrected chi connectivity index (χ4v) is 6.75. The zero-order chi connectivity index (χ0) is 36.3. The minimum atomic E-state index is -5.08. The molecule has 5 rings (SSSR count). The molecule has 5 heterocycles. The Labute approximate surface area is 285 Å². The lowest BCUT2D eigenvalue weighted by Crippen LogP contribution is -2.47. The summed E-state index contributed by atoms with van der Waals surface area (Å²) < 4.78 is 63.5. The van der Waals surface area contributed by atoms with Gasteiger partial charge in [-0.3, -0.25) is 4.90 Å². The number of fused-ring (bicyclic) bond motifs is 9. The van der Waals surface area contributed by atoms with E-state index in [1.54, 1.807) is 5.57 Å². The first-order chi connectivity index (χ1) is 23.2. The van der Waals surface area contributed by atoms with E-state index in [0.717, 1.165) is 37.9 Å². The highest BCUT2D eigenvalue weighted by molar-refractivity contribution is 5.73. The molecule has 7 nitrogen and oxygen atoms in total. The second kappa shape index (κ2) is 22.0. The lowest BCUT2D eigenvalue weighted by molar-refractivity contribution is -0.193. The van der Waals surface area contributed by atoms with Gasteiger partial charge < -0.3 is 20.2 Å². The SMILES string of the molecule is O=C(O)C(F)(F)F.O=C(O)C(F)(F)F.OC1/C=C\C=C/CCCCCC[C@@H]2CN3CC/C=C/C=C\CCCCC4=C[C@@H](CN(C4)C1)[C@@H]2CC3. The largest absolute Gasteiger partial charge is 0.490 e. The topological polar surface area (TPSA) is 101 Å². The van der Waals surface area contributed by atoms with Crippen molar-refractivity contribution in [2.45, 2.75) is 95.5 Å². The Morgan fingerprint density at radius 2 is 1.24 bits per heavy atom. The first kappa shape index (κ1) is 42.3. The Morgan fingerprint density at radius 1 is 0.673 bits per heavy atom. The van der Waals surface area contributed by atoms with Gasteiger partial charge in [0.2, 0.25) is 0 Å². The molecule has 13 heteroatoms. The Morgan fingerprint density at radius 3 is 1.88 bits per heavy atom. The van der Waals surface area contributed by atoms with Crippen molar-refractivity contribution in [2.75, 3.05) is 39.3 Å². The number of nitrogens with zero attached hydrogens (tertiary/aromatic N) is 2. The van der Waals surface area contributed by atoms with Gasteiger partial charge in [0.25, 0.3) is 0 Å². The number of carboxylic acids is 2. The van der Waals surface area contributed by atoms with E-state index in [1.165, 1.54) is 90.3 Å². The standard InChI is InChI=1S/C32H50N2O.2C2HF3O2/c35-31-19-15-11-7-2-1-6-10-14-18-29-25-33-21-16-12-8-4-3-5-9-13-17-28-23-30(32(29)20-22-33)26-34(24-28)27-31;2*3-2(4,5)1(6)7/h3-4,7-8,11-12,15,19,23,29-32,35H,1-2,5-6,9-10,13-14,16-18,20-22,24-27H2;2*(H,6,7)/b4-3-,11-7-,12-8+,19-15-;;/t29-,30+,31?,32-;;/m1../s1. The van der Waals surface area contributed by atoms with Crippen LogP contribution < -0.4 is 0 Å². The maximum atomic E-state index is 10.8. The van der Waals surface area contributed by atoms with Gasteiger partial charge in [-0.25, -0.2) is 9.59 Å². The summed E-state index contributed by atoms with van der Waals surface area (Å²) in [6.45, 7) is 6.66. The van der Waals surface area contributed by atoms with E-state index in [4.69, 9.17) is 19.8 Å². The van der Waals surface area contributed by atoms with Crippen molar-refractivity contribution < 1.29 is 51.3 Å². The molecule has 0 amide bonds. The van der Waals surface area contributed by atoms with Crippen molar-refractivity contribution in [3.63, 3.8) is 0 Å². The van der Waals surface area contributed by atoms with E-state index in [9.17, 15) is 31.4 Å². The molecule has 1 saturated heterocycles. The number of aliphatic carboxylic acids is 2. The van der Waals surface area contributed by atoms with Gasteiger partial charge in [-0.2, -0.15) is 26.3 Å². The predicted molar refractivity (Wildman–Crippen MR) is 177 cm³/mol. The maximum absolute atomic E-state index is 10.8. The summed E-state index contributed by atoms with van der Waals surface area (Å²) in [5, 5.41) is 25.0. The van der Waals surface area contributed by atoms with Crippen LogP contribution in [0.15, 0.2) is 60.3 Å². The molecule has 0 aromatic heterocycles. The number of rotatable bonds is 0. The number of alkyl halides is 6. The quantitative estimate of drug-likeness (QED) is 0.174. The summed E-state index contributed by atoms with van der Waals surface area (Å²) in [5.74, 6) is -3.26. The summed E-state index contributed by atoms with van der Waals surface area (Å²) in [7, 11) is 0. The number of hydrogen-bond acceptors (Lipinski definition) is 5. The minimum Gasteiger partial charge on any atom is -0.475 e. The van der Waals surface area contributed by atoms with Crippen molar-refractivity contribution in [2.24, 2.45) is 17.8 Å². The van der Waals surface area contributed by atoms with Crippen LogP contribution in [0, 0.1) is 17.8 Å². The molecule has 5 aliphatic heterocycles. The molecule has 1 fully saturated rings. The third-order valence-corrected chi connectivity index (χ3v) is 9.09. The second-order valence-corrected chi connectivity index (χ2v) is 13.1. The Bertz CT molecular complexity index is 1120. The number of hydrogen-bond donors (Lipinski definition) is 3. The average Bonchev–Trinajstić information content (AvgIpc) is 3.02. The van der Waals surface area contributed by atoms with Gasteiger partial charge in [0, 0.05) is 32.7 Å². The zero-order valence-electron chi connectivity index (χ0n) is 28.1. The first-order valence-corrected chi connectivity index (χ1v) is 17.2. The Hall–Kier alpha value is -2.90. The summed E-state index contributed by atoms with van der Waals surface area (Å²) in [6.07, 6.45) is 25.2. The summed E-state index contributed by atoms with van der Waals surface area (Å²) in [5.41, 5.74) is 1.63. The molecule has 6 atom stereocenters. The smallest absolute Gasteiger partial charge is 0.475 e. The fraction of sp³-hybridized carbons (Fsp3) is 0.667. The second-order valence-electron chi connectivity index (χ2n) is 13.1. The Balaban J connectivity index is 0.000000500. The van der Waals surface area contributed by atoms with Gasteiger partial charge in [-0.05, 0) is 82.1 Å². The highest BCUT2D eigenvalue weighted by Gasteiger charge is 2.39. The van der Waals surface area contributed by atoms with E-state index in [1.807, 2.05) is 6.08 Å². The summed E-state index contributed by atoms with van der Waals surface area (Å²) in [6, 6.07) is 0. The molecule has 0 radical (unpaired) electrons. The molecule has 5 aliphatic rings. The van der Waals surface area contributed by atoms with Crippen LogP contribution in [0.3, 0.4) is 0 Å². The molecule has 0 aromatic rings. The zero-order valence-corrected chi connectivity index (χ0v) is 28.1. The molecule has 0 spiro atoms. The van der Waals surface area contributed by atoms with Crippen molar-refractivity contribution in [3.05, 3.63) is 60.3 Å². The molecule has 0 aliphatic carbocycles. The van der Waals surface area contributed by atoms with Gasteiger partial charge in [-0.1, -0.05) is 79.5 Å². The lowest BCUT2D eigenvalue weighted by atomic mass is 9.72. The van der Waals surface area contributed by atoms with Crippen LogP contribution in [0.4, 0.5) is 26.3 Å². The highest BCUT2D eigenvalue weighted by atomic mass is 19.4. The number of piperidine rings is 1. The Kier molecular flexibility index (Phi) is 19.0. The van der Waals surface area contributed by atoms with Crippen LogP contribution in [0.2, 0.25) is 0 Å². The number of carboxylic acid groups (broad SMARTS) is 2. The van der Waals surface area contributed by atoms with Crippen LogP contribution in [-0.2, 0) is 9.59 Å². The highest BCUT2D eigenvalue weighted by Crippen LogP contribution is 2.38. The number of carbonyl (C=O) groups is 2. The lowest BCUT2D eigenvalue weighted by Gasteiger charge is -2.45. The molecular formula is C36H52F6N2O5. The number of halogens is 6. The molecule has 278 valence electrons. The molecule has 0 saturated carbocycles. The summed E-state index contributed by atoms with van der Waals surface area (Å²) in [4.78, 5) is 23.1. The summed E-state index contributed by atoms with van der Waals surface area (Å²) >= 11 is 0. The number of aliphatic hydroxyl groups is 1. The first-order valence-electron chi connectivity index (χ1n) is 17.2. The average molecular weight is 707 g/mol. The van der Waals surface area contributed by atoms with Crippen molar-refractivity contribution in [1.29, 1.82) is 0 Å². The molecule has 3 N–H and O–H groups in total. The molecule has 6 bridgehead atoms. The third kappa shape index (κ3) is 18.1. The molecular weight excluding hydrogens is 654 g/mol. The normalized spacial score (nSPS) is 31.6. The third-order valence-electron chi connectivity index (χ3n) is 9.09. The van der Waals surface area contributed by atoms with E-state index < -0.39 is 24.3 Å². The van der Waals surface area contributed by atoms with Crippen LogP contribution in [0.25, 0.3) is 0 Å². The molecule has 49 heavy (non-hydrogen) atoms. The molecule has 3 unspecified atom stereocenters. The van der Waals surface area contributed by atoms with Crippen LogP contribution in [-0.4, -0.2) is 94.8 Å². The van der Waals surface area contributed by atoms with Crippen molar-refractivity contribution >= 4 is 11.9 Å². The van der Waals surface area contributed by atoms with Gasteiger partial charge in [0.15, 0.2) is 0 Å². The van der Waals surface area contributed by atoms with Gasteiger partial charge in [0.05, 0.1) is 6.10 Å². The van der Waals surface area contributed by atoms with E-state index >= 15 is 0 Å². The van der Waals surface area contributed by atoms with Gasteiger partial charge in [0.1, 0.15) is 0 Å². The van der Waals surface area contributed by atoms with Gasteiger partial charge in [-0.15, -0.1) is 0 Å².